The van der Waals surface area contributed by atoms with Crippen LogP contribution in [-0.2, 0) is 20.5 Å². The molecule has 5 rings (SSSR count). The molecule has 50 heavy (non-hydrogen) atoms. The van der Waals surface area contributed by atoms with Gasteiger partial charge in [0.15, 0.2) is 0 Å². The number of nitrogens with zero attached hydrogens (tertiary/aromatic N) is 4. The van der Waals surface area contributed by atoms with E-state index < -0.39 is 29.5 Å². The summed E-state index contributed by atoms with van der Waals surface area (Å²) in [4.78, 5) is 50.9. The van der Waals surface area contributed by atoms with Crippen LogP contribution in [0.3, 0.4) is 0 Å². The smallest absolute Gasteiger partial charge is 0.416 e. The van der Waals surface area contributed by atoms with E-state index in [0.717, 1.165) is 18.6 Å². The second-order valence-electron chi connectivity index (χ2n) is 15.7. The third-order valence-corrected chi connectivity index (χ3v) is 9.16. The fourth-order valence-corrected chi connectivity index (χ4v) is 7.10. The number of fused-ring (bicyclic) bond motifs is 1. The summed E-state index contributed by atoms with van der Waals surface area (Å²) in [5, 5.41) is 9.92. The maximum Gasteiger partial charge on any atom is 0.416 e. The topological polar surface area (TPSA) is 138 Å². The van der Waals surface area contributed by atoms with Crippen molar-refractivity contribution < 1.29 is 37.0 Å². The third kappa shape index (κ3) is 9.46. The standard InChI is InChI=1S/C35H50F3N7O5/c1-20(46)39-27-19-22(43-33(2,3)4)9-11-28(27)45-17-14-26(30(45)47)40-29-24-18-21(35(36,37)38)8-10-25(24)41-31(42-29)49-23-12-15-44(16-13-23)32(48)50-34(5,6)7/h8,10,18,22-23,26-28,43H,9,11-17,19H2,1-7H3,(H,39,46)(H,40,41,42)/t22-,26+,27-,28+/m1/s1. The van der Waals surface area contributed by atoms with Crippen LogP contribution in [-0.4, -0.2) is 98.7 Å². The van der Waals surface area contributed by atoms with Crippen molar-refractivity contribution in [1.29, 1.82) is 0 Å². The van der Waals surface area contributed by atoms with Crippen LogP contribution < -0.4 is 20.7 Å². The molecule has 3 aliphatic rings. The van der Waals surface area contributed by atoms with Gasteiger partial charge in [0.05, 0.1) is 23.2 Å². The van der Waals surface area contributed by atoms with Crippen LogP contribution >= 0.6 is 0 Å². The highest BCUT2D eigenvalue weighted by atomic mass is 19.4. The normalized spacial score (nSPS) is 24.0. The minimum Gasteiger partial charge on any atom is -0.460 e. The molecule has 2 aromatic rings. The Hall–Kier alpha value is -3.88. The van der Waals surface area contributed by atoms with Crippen LogP contribution in [0.4, 0.5) is 23.8 Å². The van der Waals surface area contributed by atoms with E-state index in [4.69, 9.17) is 9.47 Å². The van der Waals surface area contributed by atoms with Gasteiger partial charge in [0.1, 0.15) is 23.6 Å². The molecule has 0 radical (unpaired) electrons. The van der Waals surface area contributed by atoms with Gasteiger partial charge in [0, 0.05) is 56.4 Å². The number of nitrogens with one attached hydrogen (secondary N) is 3. The molecule has 15 heteroatoms. The largest absolute Gasteiger partial charge is 0.460 e. The molecule has 3 fully saturated rings. The zero-order valence-electron chi connectivity index (χ0n) is 29.9. The summed E-state index contributed by atoms with van der Waals surface area (Å²) in [7, 11) is 0. The quantitative estimate of drug-likeness (QED) is 0.353. The van der Waals surface area contributed by atoms with Gasteiger partial charge in [-0.3, -0.25) is 9.59 Å². The van der Waals surface area contributed by atoms with E-state index in [1.54, 1.807) is 30.6 Å². The molecular formula is C35H50F3N7O5. The molecule has 12 nitrogen and oxygen atoms in total. The van der Waals surface area contributed by atoms with Crippen LogP contribution in [0.1, 0.15) is 92.6 Å². The number of likely N-dealkylation sites (tertiary alicyclic amines) is 2. The molecule has 1 aromatic carbocycles. The summed E-state index contributed by atoms with van der Waals surface area (Å²) in [6.45, 7) is 14.4. The molecule has 1 aliphatic carbocycles. The number of aromatic nitrogens is 2. The Balaban J connectivity index is 1.34. The lowest BCUT2D eigenvalue weighted by atomic mass is 9.84. The number of rotatable bonds is 7. The fraction of sp³-hybridized carbons (Fsp3) is 0.686. The Bertz CT molecular complexity index is 1570. The van der Waals surface area contributed by atoms with E-state index in [-0.39, 0.29) is 64.3 Å². The number of piperidine rings is 1. The van der Waals surface area contributed by atoms with Gasteiger partial charge in [-0.2, -0.15) is 23.1 Å². The van der Waals surface area contributed by atoms with Crippen molar-refractivity contribution in [2.75, 3.05) is 25.0 Å². The Morgan fingerprint density at radius 1 is 0.940 bits per heavy atom. The first-order valence-corrected chi connectivity index (χ1v) is 17.4. The van der Waals surface area contributed by atoms with Crippen LogP contribution in [0.25, 0.3) is 10.9 Å². The molecular weight excluding hydrogens is 655 g/mol. The maximum atomic E-state index is 13.9. The molecule has 2 saturated heterocycles. The summed E-state index contributed by atoms with van der Waals surface area (Å²) in [5.41, 5.74) is -1.36. The van der Waals surface area contributed by atoms with E-state index in [2.05, 4.69) is 46.7 Å². The van der Waals surface area contributed by atoms with Gasteiger partial charge in [0.25, 0.3) is 0 Å². The monoisotopic (exact) mass is 705 g/mol. The van der Waals surface area contributed by atoms with Gasteiger partial charge < -0.3 is 35.2 Å². The fourth-order valence-electron chi connectivity index (χ4n) is 7.10. The van der Waals surface area contributed by atoms with E-state index >= 15 is 0 Å². The number of anilines is 1. The molecule has 3 heterocycles. The molecule has 276 valence electrons. The summed E-state index contributed by atoms with van der Waals surface area (Å²) in [5.74, 6) is -0.309. The van der Waals surface area contributed by atoms with Crippen molar-refractivity contribution in [3.05, 3.63) is 23.8 Å². The van der Waals surface area contributed by atoms with Crippen molar-refractivity contribution in [2.45, 2.75) is 135 Å². The Morgan fingerprint density at radius 3 is 2.26 bits per heavy atom. The minimum absolute atomic E-state index is 0.0341. The lowest BCUT2D eigenvalue weighted by Gasteiger charge is -2.43. The number of carbonyl (C=O) groups excluding carboxylic acids is 3. The van der Waals surface area contributed by atoms with Gasteiger partial charge in [-0.25, -0.2) is 4.79 Å². The SMILES string of the molecule is CC(=O)N[C@@H]1C[C@H](NC(C)(C)C)CC[C@@H]1N1CC[C@H](Nc2nc(OC3CCN(C(=O)OC(C)(C)C)CC3)nc3ccc(C(F)(F)F)cc23)C1=O. The van der Waals surface area contributed by atoms with Gasteiger partial charge in [-0.1, -0.05) is 0 Å². The van der Waals surface area contributed by atoms with Crippen molar-refractivity contribution in [3.63, 3.8) is 0 Å². The lowest BCUT2D eigenvalue weighted by molar-refractivity contribution is -0.137. The summed E-state index contributed by atoms with van der Waals surface area (Å²) >= 11 is 0. The van der Waals surface area contributed by atoms with Gasteiger partial charge in [-0.15, -0.1) is 0 Å². The molecule has 1 saturated carbocycles. The zero-order chi connectivity index (χ0) is 36.6. The third-order valence-electron chi connectivity index (χ3n) is 9.16. The Labute approximate surface area is 291 Å². The Kier molecular flexibility index (Phi) is 10.8. The van der Waals surface area contributed by atoms with Crippen LogP contribution in [0.15, 0.2) is 18.2 Å². The maximum absolute atomic E-state index is 13.9. The number of ether oxygens (including phenoxy) is 2. The first kappa shape index (κ1) is 37.4. The van der Waals surface area contributed by atoms with Crippen LogP contribution in [0.5, 0.6) is 6.01 Å². The summed E-state index contributed by atoms with van der Waals surface area (Å²) in [6, 6.07) is 2.12. The van der Waals surface area contributed by atoms with E-state index in [9.17, 15) is 27.6 Å². The molecule has 0 unspecified atom stereocenters. The predicted molar refractivity (Wildman–Crippen MR) is 182 cm³/mol. The molecule has 3 N–H and O–H groups in total. The number of carbonyl (C=O) groups is 3. The predicted octanol–water partition coefficient (Wildman–Crippen LogP) is 5.25. The molecule has 4 atom stereocenters. The van der Waals surface area contributed by atoms with Crippen LogP contribution in [0.2, 0.25) is 0 Å². The lowest BCUT2D eigenvalue weighted by Crippen LogP contribution is -2.59. The average molecular weight is 706 g/mol. The second kappa shape index (κ2) is 14.4. The number of alkyl halides is 3. The van der Waals surface area contributed by atoms with Crippen molar-refractivity contribution >= 4 is 34.6 Å². The van der Waals surface area contributed by atoms with Crippen molar-refractivity contribution in [2.24, 2.45) is 0 Å². The number of halogens is 3. The van der Waals surface area contributed by atoms with Gasteiger partial charge in [0.2, 0.25) is 11.8 Å². The molecule has 3 amide bonds. The van der Waals surface area contributed by atoms with Crippen molar-refractivity contribution in [1.82, 2.24) is 30.4 Å². The Morgan fingerprint density at radius 2 is 1.64 bits per heavy atom. The summed E-state index contributed by atoms with van der Waals surface area (Å²) < 4.78 is 52.9. The van der Waals surface area contributed by atoms with Gasteiger partial charge >= 0.3 is 18.3 Å². The first-order valence-electron chi connectivity index (χ1n) is 17.4. The number of hydrogen-bond acceptors (Lipinski definition) is 9. The highest BCUT2D eigenvalue weighted by Crippen LogP contribution is 2.35. The zero-order valence-corrected chi connectivity index (χ0v) is 29.9. The molecule has 1 aromatic heterocycles. The molecule has 2 aliphatic heterocycles. The first-order chi connectivity index (χ1) is 23.3. The highest BCUT2D eigenvalue weighted by molar-refractivity contribution is 5.93. The average Bonchev–Trinajstić information content (AvgIpc) is 3.34. The highest BCUT2D eigenvalue weighted by Gasteiger charge is 2.43. The van der Waals surface area contributed by atoms with Gasteiger partial charge in [-0.05, 0) is 85.4 Å². The van der Waals surface area contributed by atoms with E-state index in [1.807, 2.05) is 0 Å². The summed E-state index contributed by atoms with van der Waals surface area (Å²) in [6.07, 6.45) is -1.80. The van der Waals surface area contributed by atoms with Crippen molar-refractivity contribution in [3.8, 4) is 6.01 Å². The minimum atomic E-state index is -4.60. The van der Waals surface area contributed by atoms with E-state index in [0.29, 0.717) is 51.7 Å². The van der Waals surface area contributed by atoms with E-state index in [1.165, 1.54) is 13.0 Å². The number of amides is 3. The van der Waals surface area contributed by atoms with Crippen LogP contribution in [0, 0.1) is 0 Å². The number of hydrogen-bond donors (Lipinski definition) is 3. The second-order valence-corrected chi connectivity index (χ2v) is 15.7. The number of benzene rings is 1. The molecule has 0 spiro atoms. The molecule has 0 bridgehead atoms.